The number of halogens is 2. The molecule has 0 spiro atoms. The zero-order valence-corrected chi connectivity index (χ0v) is 23.1. The molecule has 9 nitrogen and oxygen atoms in total. The molecular weight excluding hydrogens is 569 g/mol. The van der Waals surface area contributed by atoms with Crippen LogP contribution in [0.25, 0.3) is 5.65 Å². The van der Waals surface area contributed by atoms with Gasteiger partial charge in [-0.05, 0) is 82.6 Å². The molecule has 11 heteroatoms. The van der Waals surface area contributed by atoms with E-state index >= 15 is 0 Å². The van der Waals surface area contributed by atoms with Crippen LogP contribution in [0.2, 0.25) is 0 Å². The first kappa shape index (κ1) is 26.5. The molecule has 0 bridgehead atoms. The number of aromatic nitrogens is 3. The molecule has 1 aliphatic rings. The lowest BCUT2D eigenvalue weighted by atomic mass is 9.98. The lowest BCUT2D eigenvalue weighted by Crippen LogP contribution is -2.30. The Hall–Kier alpha value is -4.12. The first-order chi connectivity index (χ1) is 18.7. The summed E-state index contributed by atoms with van der Waals surface area (Å²) in [5.74, 6) is -1.62. The Labute approximate surface area is 231 Å². The number of benzene rings is 2. The topological polar surface area (TPSA) is 115 Å². The van der Waals surface area contributed by atoms with E-state index in [1.54, 1.807) is 25.1 Å². The predicted octanol–water partition coefficient (Wildman–Crippen LogP) is 4.38. The van der Waals surface area contributed by atoms with Gasteiger partial charge in [0.05, 0.1) is 29.4 Å². The van der Waals surface area contributed by atoms with Crippen LogP contribution < -0.4 is 10.6 Å². The van der Waals surface area contributed by atoms with Crippen LogP contribution in [-0.4, -0.2) is 39.5 Å². The molecule has 0 unspecified atom stereocenters. The fraction of sp³-hybridized carbons (Fsp3) is 0.250. The molecule has 2 aromatic carbocycles. The summed E-state index contributed by atoms with van der Waals surface area (Å²) in [5.41, 5.74) is 5.01. The molecular formula is C28H25BrFN5O4. The van der Waals surface area contributed by atoms with E-state index in [1.807, 2.05) is 13.0 Å². The Morgan fingerprint density at radius 2 is 1.95 bits per heavy atom. The van der Waals surface area contributed by atoms with E-state index in [0.717, 1.165) is 22.3 Å². The molecule has 2 N–H and O–H groups in total. The van der Waals surface area contributed by atoms with E-state index in [-0.39, 0.29) is 29.8 Å². The van der Waals surface area contributed by atoms with Gasteiger partial charge in [-0.1, -0.05) is 18.2 Å². The van der Waals surface area contributed by atoms with Crippen LogP contribution in [0.5, 0.6) is 0 Å². The van der Waals surface area contributed by atoms with Gasteiger partial charge in [0.15, 0.2) is 5.65 Å². The van der Waals surface area contributed by atoms with Crippen molar-refractivity contribution >= 4 is 39.4 Å². The van der Waals surface area contributed by atoms with Crippen molar-refractivity contribution in [3.05, 3.63) is 97.7 Å². The number of methoxy groups -OCH3 is 1. The molecule has 5 rings (SSSR count). The number of amides is 2. The minimum absolute atomic E-state index is 0.0399. The maximum absolute atomic E-state index is 13.6. The Kier molecular flexibility index (Phi) is 7.17. The van der Waals surface area contributed by atoms with Gasteiger partial charge in [-0.25, -0.2) is 18.7 Å². The highest BCUT2D eigenvalue weighted by Gasteiger charge is 2.29. The molecule has 4 aromatic rings. The fourth-order valence-corrected chi connectivity index (χ4v) is 5.25. The van der Waals surface area contributed by atoms with Gasteiger partial charge in [0.2, 0.25) is 0 Å². The first-order valence-electron chi connectivity index (χ1n) is 12.3. The summed E-state index contributed by atoms with van der Waals surface area (Å²) in [6, 6.07) is 9.29. The maximum Gasteiger partial charge on any atom is 0.338 e. The van der Waals surface area contributed by atoms with Crippen molar-refractivity contribution in [3.63, 3.8) is 0 Å². The highest BCUT2D eigenvalue weighted by Crippen LogP contribution is 2.35. The highest BCUT2D eigenvalue weighted by molar-refractivity contribution is 9.10. The minimum Gasteiger partial charge on any atom is -0.465 e. The Morgan fingerprint density at radius 1 is 1.15 bits per heavy atom. The molecule has 1 atom stereocenters. The number of ether oxygens (including phenoxy) is 1. The van der Waals surface area contributed by atoms with Crippen LogP contribution >= 0.6 is 15.9 Å². The minimum atomic E-state index is -0.487. The first-order valence-corrected chi connectivity index (χ1v) is 13.1. The summed E-state index contributed by atoms with van der Waals surface area (Å²) < 4.78 is 20.4. The van der Waals surface area contributed by atoms with Gasteiger partial charge in [-0.3, -0.25) is 9.59 Å². The van der Waals surface area contributed by atoms with Gasteiger partial charge in [0.25, 0.3) is 11.8 Å². The van der Waals surface area contributed by atoms with Crippen molar-refractivity contribution in [3.8, 4) is 0 Å². The number of nitrogens with one attached hydrogen (secondary N) is 2. The maximum atomic E-state index is 13.6. The van der Waals surface area contributed by atoms with Crippen LogP contribution in [0, 0.1) is 19.7 Å². The number of esters is 1. The van der Waals surface area contributed by atoms with Crippen molar-refractivity contribution in [2.45, 2.75) is 39.3 Å². The van der Waals surface area contributed by atoms with Gasteiger partial charge >= 0.3 is 5.97 Å². The fourth-order valence-electron chi connectivity index (χ4n) is 4.90. The second-order valence-electron chi connectivity index (χ2n) is 9.38. The molecule has 39 heavy (non-hydrogen) atoms. The largest absolute Gasteiger partial charge is 0.465 e. The van der Waals surface area contributed by atoms with Crippen LogP contribution in [0.1, 0.15) is 71.6 Å². The second-order valence-corrected chi connectivity index (χ2v) is 10.2. The third-order valence-electron chi connectivity index (χ3n) is 6.97. The van der Waals surface area contributed by atoms with E-state index < -0.39 is 17.8 Å². The summed E-state index contributed by atoms with van der Waals surface area (Å²) in [6.07, 6.45) is 2.87. The molecule has 0 radical (unpaired) electrons. The quantitative estimate of drug-likeness (QED) is 0.321. The summed E-state index contributed by atoms with van der Waals surface area (Å²) in [5, 5.41) is 10.1. The van der Waals surface area contributed by atoms with Gasteiger partial charge in [-0.2, -0.15) is 5.10 Å². The molecule has 2 amide bonds. The third-order valence-corrected chi connectivity index (χ3v) is 7.53. The van der Waals surface area contributed by atoms with Crippen molar-refractivity contribution in [1.82, 2.24) is 25.2 Å². The number of hydrogen-bond acceptors (Lipinski definition) is 6. The van der Waals surface area contributed by atoms with Crippen LogP contribution in [-0.2, 0) is 17.7 Å². The second kappa shape index (κ2) is 10.6. The van der Waals surface area contributed by atoms with Crippen molar-refractivity contribution in [2.75, 3.05) is 7.11 Å². The normalized spacial score (nSPS) is 14.2. The smallest absolute Gasteiger partial charge is 0.338 e. The van der Waals surface area contributed by atoms with Crippen molar-refractivity contribution in [1.29, 1.82) is 0 Å². The Balaban J connectivity index is 1.40. The molecule has 0 aliphatic heterocycles. The van der Waals surface area contributed by atoms with Gasteiger partial charge in [-0.15, -0.1) is 0 Å². The SMILES string of the molecule is COC(=O)c1ccc2c(c1C)CC[C@@H]2NC(=O)c1cc(C(=O)NCc2ccc(F)c(C)c2)nc2c(Br)cnn12. The molecule has 0 saturated carbocycles. The summed E-state index contributed by atoms with van der Waals surface area (Å²) in [4.78, 5) is 43.0. The predicted molar refractivity (Wildman–Crippen MR) is 144 cm³/mol. The highest BCUT2D eigenvalue weighted by atomic mass is 79.9. The standard InChI is InChI=1S/C28H25BrFN5O4/c1-14-10-16(4-8-21(14)30)12-31-26(36)23-11-24(35-25(33-23)20(29)13-32-35)27(37)34-22-9-7-17-15(2)18(28(38)39-3)5-6-19(17)22/h4-6,8,10-11,13,22H,7,9,12H2,1-3H3,(H,31,36)(H,34,37)/t22-/m0/s1. The number of carbonyl (C=O) groups is 3. The molecule has 2 aromatic heterocycles. The lowest BCUT2D eigenvalue weighted by molar-refractivity contribution is 0.0599. The van der Waals surface area contributed by atoms with Gasteiger partial charge in [0, 0.05) is 12.6 Å². The molecule has 0 saturated heterocycles. The van der Waals surface area contributed by atoms with E-state index in [2.05, 4.69) is 36.6 Å². The third kappa shape index (κ3) is 5.01. The van der Waals surface area contributed by atoms with Crippen LogP contribution in [0.4, 0.5) is 4.39 Å². The van der Waals surface area contributed by atoms with E-state index in [1.165, 1.54) is 30.0 Å². The summed E-state index contributed by atoms with van der Waals surface area (Å²) in [6.45, 7) is 3.70. The van der Waals surface area contributed by atoms with E-state index in [9.17, 15) is 18.8 Å². The monoisotopic (exact) mass is 593 g/mol. The molecule has 0 fully saturated rings. The van der Waals surface area contributed by atoms with Crippen LogP contribution in [0.15, 0.2) is 47.1 Å². The molecule has 2 heterocycles. The number of carbonyl (C=O) groups excluding carboxylic acids is 3. The van der Waals surface area contributed by atoms with Crippen molar-refractivity contribution < 1.29 is 23.5 Å². The van der Waals surface area contributed by atoms with Crippen LogP contribution in [0.3, 0.4) is 0 Å². The number of hydrogen-bond donors (Lipinski definition) is 2. The van der Waals surface area contributed by atoms with Gasteiger partial charge in [0.1, 0.15) is 17.2 Å². The Morgan fingerprint density at radius 3 is 2.69 bits per heavy atom. The number of aryl methyl sites for hydroxylation is 1. The average Bonchev–Trinajstić information content (AvgIpc) is 3.52. The lowest BCUT2D eigenvalue weighted by Gasteiger charge is -2.16. The zero-order chi connectivity index (χ0) is 27.8. The van der Waals surface area contributed by atoms with E-state index in [4.69, 9.17) is 4.74 Å². The average molecular weight is 594 g/mol. The Bertz CT molecular complexity index is 1650. The van der Waals surface area contributed by atoms with E-state index in [0.29, 0.717) is 34.1 Å². The summed E-state index contributed by atoms with van der Waals surface area (Å²) in [7, 11) is 1.35. The number of rotatable bonds is 6. The number of fused-ring (bicyclic) bond motifs is 2. The van der Waals surface area contributed by atoms with Crippen molar-refractivity contribution in [2.24, 2.45) is 0 Å². The molecule has 1 aliphatic carbocycles. The summed E-state index contributed by atoms with van der Waals surface area (Å²) >= 11 is 3.38. The molecule has 200 valence electrons. The zero-order valence-electron chi connectivity index (χ0n) is 21.5. The van der Waals surface area contributed by atoms with Gasteiger partial charge < -0.3 is 15.4 Å². The number of nitrogens with zero attached hydrogens (tertiary/aromatic N) is 3.